The first-order valence-electron chi connectivity index (χ1n) is 5.32. The van der Waals surface area contributed by atoms with Crippen LogP contribution in [0.5, 0.6) is 5.75 Å². The van der Waals surface area contributed by atoms with Crippen LogP contribution in [0.1, 0.15) is 5.56 Å². The number of rotatable bonds is 4. The Morgan fingerprint density at radius 1 is 1.33 bits per heavy atom. The van der Waals surface area contributed by atoms with Crippen LogP contribution in [0.3, 0.4) is 0 Å². The predicted molar refractivity (Wildman–Crippen MR) is 70.7 cm³/mol. The van der Waals surface area contributed by atoms with E-state index in [0.29, 0.717) is 23.2 Å². The number of aromatic nitrogens is 2. The molecule has 0 bridgehead atoms. The highest BCUT2D eigenvalue weighted by Gasteiger charge is 2.15. The zero-order valence-corrected chi connectivity index (χ0v) is 10.9. The van der Waals surface area contributed by atoms with Crippen LogP contribution >= 0.6 is 11.6 Å². The zero-order valence-electron chi connectivity index (χ0n) is 10.2. The van der Waals surface area contributed by atoms with E-state index < -0.39 is 0 Å². The van der Waals surface area contributed by atoms with Crippen molar-refractivity contribution < 1.29 is 9.47 Å². The second-order valence-electron chi connectivity index (χ2n) is 3.78. The second-order valence-corrected chi connectivity index (χ2v) is 4.22. The summed E-state index contributed by atoms with van der Waals surface area (Å²) in [5.74, 6) is 1.07. The molecule has 96 valence electrons. The minimum Gasteiger partial charge on any atom is -0.496 e. The number of anilines is 1. The molecule has 0 aliphatic carbocycles. The molecule has 2 rings (SSSR count). The highest BCUT2D eigenvalue weighted by Crippen LogP contribution is 2.36. The summed E-state index contributed by atoms with van der Waals surface area (Å²) in [6.07, 6.45) is 0. The highest BCUT2D eigenvalue weighted by molar-refractivity contribution is 6.31. The van der Waals surface area contributed by atoms with Gasteiger partial charge in [-0.3, -0.25) is 5.10 Å². The van der Waals surface area contributed by atoms with Gasteiger partial charge in [-0.15, -0.1) is 0 Å². The lowest BCUT2D eigenvalue weighted by molar-refractivity contribution is 0.185. The van der Waals surface area contributed by atoms with Gasteiger partial charge in [-0.25, -0.2) is 0 Å². The molecule has 0 aliphatic rings. The Balaban J connectivity index is 2.61. The van der Waals surface area contributed by atoms with Crippen molar-refractivity contribution in [2.24, 2.45) is 0 Å². The van der Waals surface area contributed by atoms with E-state index in [1.54, 1.807) is 26.4 Å². The first-order valence-corrected chi connectivity index (χ1v) is 5.70. The summed E-state index contributed by atoms with van der Waals surface area (Å²) in [4.78, 5) is 0. The molecular formula is C12H14ClN3O2. The van der Waals surface area contributed by atoms with Gasteiger partial charge in [0, 0.05) is 23.8 Å². The molecule has 5 nitrogen and oxygen atoms in total. The summed E-state index contributed by atoms with van der Waals surface area (Å²) in [6, 6.07) is 5.32. The van der Waals surface area contributed by atoms with Crippen LogP contribution < -0.4 is 10.5 Å². The van der Waals surface area contributed by atoms with Crippen LogP contribution in [-0.4, -0.2) is 24.4 Å². The molecule has 18 heavy (non-hydrogen) atoms. The van der Waals surface area contributed by atoms with Crippen molar-refractivity contribution >= 4 is 17.4 Å². The van der Waals surface area contributed by atoms with Crippen LogP contribution in [0, 0.1) is 0 Å². The number of hydrogen-bond donors (Lipinski definition) is 2. The third kappa shape index (κ3) is 2.42. The van der Waals surface area contributed by atoms with Crippen molar-refractivity contribution in [3.05, 3.63) is 28.8 Å². The lowest BCUT2D eigenvalue weighted by Gasteiger charge is -2.13. The third-order valence-corrected chi connectivity index (χ3v) is 2.75. The predicted octanol–water partition coefficient (Wildman–Crippen LogP) is 2.47. The van der Waals surface area contributed by atoms with Gasteiger partial charge in [0.1, 0.15) is 11.6 Å². The first kappa shape index (κ1) is 12.7. The Morgan fingerprint density at radius 3 is 2.67 bits per heavy atom. The van der Waals surface area contributed by atoms with Crippen molar-refractivity contribution in [1.29, 1.82) is 0 Å². The average Bonchev–Trinajstić information content (AvgIpc) is 2.75. The summed E-state index contributed by atoms with van der Waals surface area (Å²) in [5.41, 5.74) is 8.15. The minimum atomic E-state index is 0.422. The Labute approximate surface area is 110 Å². The van der Waals surface area contributed by atoms with Crippen molar-refractivity contribution in [1.82, 2.24) is 10.2 Å². The Morgan fingerprint density at radius 2 is 2.11 bits per heavy atom. The lowest BCUT2D eigenvalue weighted by Crippen LogP contribution is -1.97. The molecule has 1 aromatic carbocycles. The van der Waals surface area contributed by atoms with Crippen LogP contribution in [0.15, 0.2) is 18.2 Å². The summed E-state index contributed by atoms with van der Waals surface area (Å²) >= 11 is 6.04. The van der Waals surface area contributed by atoms with Gasteiger partial charge in [-0.2, -0.15) is 5.10 Å². The van der Waals surface area contributed by atoms with Gasteiger partial charge in [0.05, 0.1) is 19.4 Å². The Bertz CT molecular complexity index is 554. The molecule has 0 saturated heterocycles. The standard InChI is InChI=1S/C12H14ClN3O2/c1-17-6-7-3-8(13)4-10(18-2)12(7)9-5-11(14)16-15-9/h3-5H,6H2,1-2H3,(H3,14,15,16). The van der Waals surface area contributed by atoms with E-state index in [4.69, 9.17) is 26.8 Å². The third-order valence-electron chi connectivity index (χ3n) is 2.54. The molecule has 3 N–H and O–H groups in total. The smallest absolute Gasteiger partial charge is 0.145 e. The summed E-state index contributed by atoms with van der Waals surface area (Å²) in [6.45, 7) is 0.422. The van der Waals surface area contributed by atoms with E-state index >= 15 is 0 Å². The van der Waals surface area contributed by atoms with Gasteiger partial charge >= 0.3 is 0 Å². The largest absolute Gasteiger partial charge is 0.496 e. The summed E-state index contributed by atoms with van der Waals surface area (Å²) < 4.78 is 10.5. The lowest BCUT2D eigenvalue weighted by atomic mass is 10.0. The SMILES string of the molecule is COCc1cc(Cl)cc(OC)c1-c1cc(N)n[nH]1. The normalized spacial score (nSPS) is 10.6. The minimum absolute atomic E-state index is 0.422. The van der Waals surface area contributed by atoms with Gasteiger partial charge in [-0.05, 0) is 17.7 Å². The number of nitrogens with one attached hydrogen (secondary N) is 1. The Hall–Kier alpha value is -1.72. The van der Waals surface area contributed by atoms with Crippen molar-refractivity contribution in [3.8, 4) is 17.0 Å². The van der Waals surface area contributed by atoms with E-state index in [9.17, 15) is 0 Å². The molecule has 0 aliphatic heterocycles. The second kappa shape index (κ2) is 5.29. The molecular weight excluding hydrogens is 254 g/mol. The van der Waals surface area contributed by atoms with E-state index in [1.807, 2.05) is 6.07 Å². The maximum atomic E-state index is 6.04. The van der Waals surface area contributed by atoms with Crippen molar-refractivity contribution in [3.63, 3.8) is 0 Å². The van der Waals surface area contributed by atoms with Gasteiger partial charge in [-0.1, -0.05) is 11.6 Å². The molecule has 0 amide bonds. The molecule has 2 aromatic rings. The highest BCUT2D eigenvalue weighted by atomic mass is 35.5. The number of halogens is 1. The number of H-pyrrole nitrogens is 1. The van der Waals surface area contributed by atoms with Gasteiger partial charge in [0.2, 0.25) is 0 Å². The van der Waals surface area contributed by atoms with Gasteiger partial charge < -0.3 is 15.2 Å². The van der Waals surface area contributed by atoms with Gasteiger partial charge in [0.15, 0.2) is 0 Å². The molecule has 6 heteroatoms. The number of ether oxygens (including phenoxy) is 2. The van der Waals surface area contributed by atoms with Crippen LogP contribution in [0.25, 0.3) is 11.3 Å². The fourth-order valence-electron chi connectivity index (χ4n) is 1.84. The van der Waals surface area contributed by atoms with E-state index in [-0.39, 0.29) is 0 Å². The Kier molecular flexibility index (Phi) is 3.74. The maximum Gasteiger partial charge on any atom is 0.145 e. The van der Waals surface area contributed by atoms with Crippen molar-refractivity contribution in [2.45, 2.75) is 6.61 Å². The molecule has 0 spiro atoms. The number of nitrogen functional groups attached to an aromatic ring is 1. The number of nitrogens with zero attached hydrogens (tertiary/aromatic N) is 1. The monoisotopic (exact) mass is 267 g/mol. The molecule has 0 unspecified atom stereocenters. The van der Waals surface area contributed by atoms with E-state index in [1.165, 1.54) is 0 Å². The summed E-state index contributed by atoms with van der Waals surface area (Å²) in [5, 5.41) is 7.37. The fraction of sp³-hybridized carbons (Fsp3) is 0.250. The molecule has 0 saturated carbocycles. The average molecular weight is 268 g/mol. The molecule has 0 atom stereocenters. The number of nitrogens with two attached hydrogens (primary N) is 1. The first-order chi connectivity index (χ1) is 8.65. The van der Waals surface area contributed by atoms with Crippen LogP contribution in [-0.2, 0) is 11.3 Å². The van der Waals surface area contributed by atoms with E-state index in [0.717, 1.165) is 16.8 Å². The fourth-order valence-corrected chi connectivity index (χ4v) is 2.07. The quantitative estimate of drug-likeness (QED) is 0.892. The molecule has 1 aromatic heterocycles. The maximum absolute atomic E-state index is 6.04. The molecule has 1 heterocycles. The molecule has 0 fully saturated rings. The van der Waals surface area contributed by atoms with E-state index in [2.05, 4.69) is 10.2 Å². The van der Waals surface area contributed by atoms with Crippen LogP contribution in [0.2, 0.25) is 5.02 Å². The molecule has 0 radical (unpaired) electrons. The van der Waals surface area contributed by atoms with Gasteiger partial charge in [0.25, 0.3) is 0 Å². The number of aromatic amines is 1. The van der Waals surface area contributed by atoms with Crippen LogP contribution in [0.4, 0.5) is 5.82 Å². The number of methoxy groups -OCH3 is 2. The number of hydrogen-bond acceptors (Lipinski definition) is 4. The zero-order chi connectivity index (χ0) is 13.1. The number of benzene rings is 1. The topological polar surface area (TPSA) is 73.2 Å². The summed E-state index contributed by atoms with van der Waals surface area (Å²) in [7, 11) is 3.21. The van der Waals surface area contributed by atoms with Crippen molar-refractivity contribution in [2.75, 3.05) is 20.0 Å².